The zero-order chi connectivity index (χ0) is 21.3. The fourth-order valence-electron chi connectivity index (χ4n) is 2.93. The van der Waals surface area contributed by atoms with E-state index in [0.29, 0.717) is 17.8 Å². The number of benzene rings is 1. The number of amides is 1. The summed E-state index contributed by atoms with van der Waals surface area (Å²) < 4.78 is 20.2. The Hall–Kier alpha value is -3.49. The van der Waals surface area contributed by atoms with Gasteiger partial charge in [0.15, 0.2) is 28.4 Å². The van der Waals surface area contributed by atoms with Crippen LogP contribution in [-0.2, 0) is 13.5 Å². The molecule has 0 radical (unpaired) electrons. The van der Waals surface area contributed by atoms with Crippen LogP contribution in [0.1, 0.15) is 47.3 Å². The number of carbonyl (C=O) groups is 2. The highest BCUT2D eigenvalue weighted by molar-refractivity contribution is 6.05. The van der Waals surface area contributed by atoms with Gasteiger partial charge in [-0.25, -0.2) is 19.2 Å². The van der Waals surface area contributed by atoms with Crippen LogP contribution >= 0.6 is 0 Å². The lowest BCUT2D eigenvalue weighted by Gasteiger charge is -2.11. The van der Waals surface area contributed by atoms with Crippen LogP contribution in [0.5, 0.6) is 5.75 Å². The molecule has 0 fully saturated rings. The van der Waals surface area contributed by atoms with Gasteiger partial charge in [0, 0.05) is 12.6 Å². The van der Waals surface area contributed by atoms with Crippen LogP contribution in [0.2, 0.25) is 0 Å². The molecule has 2 aromatic heterocycles. The molecule has 1 amide bonds. The molecule has 0 aliphatic heterocycles. The summed E-state index contributed by atoms with van der Waals surface area (Å²) in [6.07, 6.45) is 0.166. The van der Waals surface area contributed by atoms with Crippen molar-refractivity contribution in [3.8, 4) is 5.75 Å². The first-order chi connectivity index (χ1) is 13.7. The number of carbonyl (C=O) groups excluding carboxylic acids is 1. The fourth-order valence-corrected chi connectivity index (χ4v) is 2.93. The molecule has 2 heterocycles. The molecule has 0 unspecified atom stereocenters. The Morgan fingerprint density at radius 1 is 1.24 bits per heavy atom. The van der Waals surface area contributed by atoms with Crippen LogP contribution in [0.4, 0.5) is 10.2 Å². The van der Waals surface area contributed by atoms with Crippen LogP contribution in [0.15, 0.2) is 24.3 Å². The summed E-state index contributed by atoms with van der Waals surface area (Å²) in [6, 6.07) is 5.10. The molecule has 2 N–H and O–H groups in total. The highest BCUT2D eigenvalue weighted by atomic mass is 19.1. The Bertz CT molecular complexity index is 1090. The minimum absolute atomic E-state index is 0.0715. The number of hydrogen-bond acceptors (Lipinski definition) is 5. The first kappa shape index (κ1) is 20.2. The maximum absolute atomic E-state index is 13.1. The van der Waals surface area contributed by atoms with Gasteiger partial charge in [0.25, 0.3) is 5.91 Å². The first-order valence-electron chi connectivity index (χ1n) is 9.09. The number of fused-ring (bicyclic) bond motifs is 1. The summed E-state index contributed by atoms with van der Waals surface area (Å²) in [5, 5.41) is 12.3. The number of anilines is 1. The number of nitrogens with zero attached hydrogens (tertiary/aromatic N) is 3. The van der Waals surface area contributed by atoms with Crippen molar-refractivity contribution in [2.24, 2.45) is 7.05 Å². The van der Waals surface area contributed by atoms with Gasteiger partial charge in [-0.05, 0) is 44.5 Å². The Morgan fingerprint density at radius 3 is 2.45 bits per heavy atom. The van der Waals surface area contributed by atoms with E-state index in [9.17, 15) is 19.1 Å². The number of rotatable bonds is 6. The van der Waals surface area contributed by atoms with E-state index in [-0.39, 0.29) is 34.4 Å². The first-order valence-corrected chi connectivity index (χ1v) is 9.09. The molecule has 0 aliphatic rings. The molecule has 3 aromatic rings. The lowest BCUT2D eigenvalue weighted by molar-refractivity contribution is 0.0680. The largest absolute Gasteiger partial charge is 0.486 e. The van der Waals surface area contributed by atoms with Gasteiger partial charge in [-0.3, -0.25) is 4.79 Å². The van der Waals surface area contributed by atoms with Gasteiger partial charge in [0.2, 0.25) is 0 Å². The highest BCUT2D eigenvalue weighted by Gasteiger charge is 2.26. The Kier molecular flexibility index (Phi) is 5.49. The Morgan fingerprint density at radius 2 is 1.90 bits per heavy atom. The van der Waals surface area contributed by atoms with E-state index in [1.54, 1.807) is 20.9 Å². The molecule has 0 spiro atoms. The number of carboxylic acids is 1. The maximum Gasteiger partial charge on any atom is 0.356 e. The second-order valence-corrected chi connectivity index (χ2v) is 6.71. The Balaban J connectivity index is 2.13. The van der Waals surface area contributed by atoms with E-state index in [2.05, 4.69) is 15.3 Å². The van der Waals surface area contributed by atoms with Crippen molar-refractivity contribution in [3.05, 3.63) is 47.0 Å². The molecule has 3 rings (SSSR count). The molecule has 0 atom stereocenters. The predicted molar refractivity (Wildman–Crippen MR) is 105 cm³/mol. The van der Waals surface area contributed by atoms with Crippen LogP contribution in [0.25, 0.3) is 11.2 Å². The molecule has 29 heavy (non-hydrogen) atoms. The third kappa shape index (κ3) is 3.89. The molecule has 9 heteroatoms. The average Bonchev–Trinajstić information content (AvgIpc) is 2.92. The summed E-state index contributed by atoms with van der Waals surface area (Å²) in [6.45, 7) is 5.39. The molecular formula is C20H21FN4O4. The summed E-state index contributed by atoms with van der Waals surface area (Å²) in [4.78, 5) is 33.3. The van der Waals surface area contributed by atoms with E-state index >= 15 is 0 Å². The van der Waals surface area contributed by atoms with E-state index in [0.717, 1.165) is 0 Å². The molecule has 0 saturated heterocycles. The third-order valence-corrected chi connectivity index (χ3v) is 4.26. The van der Waals surface area contributed by atoms with Crippen LogP contribution in [0, 0.1) is 5.82 Å². The zero-order valence-corrected chi connectivity index (χ0v) is 16.5. The molecule has 0 bridgehead atoms. The molecule has 1 aromatic carbocycles. The van der Waals surface area contributed by atoms with Gasteiger partial charge in [0.1, 0.15) is 5.82 Å². The SMILES string of the molecule is CCc1nc2c(nc1NC(=O)c1ccc(F)cc1)c(OC(C)C)c(C(=O)O)n2C. The highest BCUT2D eigenvalue weighted by Crippen LogP contribution is 2.33. The van der Waals surface area contributed by atoms with E-state index in [1.165, 1.54) is 28.8 Å². The van der Waals surface area contributed by atoms with Crippen molar-refractivity contribution < 1.29 is 23.8 Å². The Labute approximate surface area is 166 Å². The van der Waals surface area contributed by atoms with Gasteiger partial charge >= 0.3 is 5.97 Å². The molecule has 0 saturated carbocycles. The fraction of sp³-hybridized carbons (Fsp3) is 0.300. The summed E-state index contributed by atoms with van der Waals surface area (Å²) >= 11 is 0. The summed E-state index contributed by atoms with van der Waals surface area (Å²) in [5.41, 5.74) is 1.26. The summed E-state index contributed by atoms with van der Waals surface area (Å²) in [7, 11) is 1.57. The second kappa shape index (κ2) is 7.86. The maximum atomic E-state index is 13.1. The van der Waals surface area contributed by atoms with Crippen molar-refractivity contribution >= 4 is 28.9 Å². The van der Waals surface area contributed by atoms with Gasteiger partial charge in [0.05, 0.1) is 11.8 Å². The lowest BCUT2D eigenvalue weighted by Crippen LogP contribution is -2.15. The molecular weight excluding hydrogens is 379 g/mol. The number of halogens is 1. The number of aromatic nitrogens is 3. The van der Waals surface area contributed by atoms with Crippen LogP contribution in [0.3, 0.4) is 0 Å². The van der Waals surface area contributed by atoms with Gasteiger partial charge in [-0.1, -0.05) is 6.92 Å². The number of nitrogens with one attached hydrogen (secondary N) is 1. The van der Waals surface area contributed by atoms with E-state index < -0.39 is 17.7 Å². The zero-order valence-electron chi connectivity index (χ0n) is 16.5. The molecule has 8 nitrogen and oxygen atoms in total. The number of ether oxygens (including phenoxy) is 1. The topological polar surface area (TPSA) is 106 Å². The van der Waals surface area contributed by atoms with Crippen LogP contribution < -0.4 is 10.1 Å². The summed E-state index contributed by atoms with van der Waals surface area (Å²) in [5.74, 6) is -1.80. The van der Waals surface area contributed by atoms with E-state index in [4.69, 9.17) is 4.74 Å². The predicted octanol–water partition coefficient (Wildman–Crippen LogP) is 3.41. The van der Waals surface area contributed by atoms with Crippen molar-refractivity contribution in [2.45, 2.75) is 33.3 Å². The molecule has 0 aliphatic carbocycles. The van der Waals surface area contributed by atoms with Gasteiger partial charge < -0.3 is 19.7 Å². The number of aryl methyl sites for hydroxylation is 2. The normalized spacial score (nSPS) is 11.1. The van der Waals surface area contributed by atoms with Gasteiger partial charge in [-0.2, -0.15) is 0 Å². The van der Waals surface area contributed by atoms with E-state index in [1.807, 2.05) is 6.92 Å². The standard InChI is InChI=1S/C20H21FN4O4/c1-5-13-17(24-19(26)11-6-8-12(21)9-7-11)23-14-16(29-10(2)3)15(20(27)28)25(4)18(14)22-13/h6-10H,5H2,1-4H3,(H,27,28)(H,23,24,26). The minimum Gasteiger partial charge on any atom is -0.486 e. The van der Waals surface area contributed by atoms with Gasteiger partial charge in [-0.15, -0.1) is 0 Å². The number of hydrogen-bond donors (Lipinski definition) is 2. The van der Waals surface area contributed by atoms with Crippen LogP contribution in [-0.4, -0.2) is 37.6 Å². The number of carboxylic acid groups (broad SMARTS) is 1. The van der Waals surface area contributed by atoms with Crippen molar-refractivity contribution in [3.63, 3.8) is 0 Å². The third-order valence-electron chi connectivity index (χ3n) is 4.26. The minimum atomic E-state index is -1.17. The monoisotopic (exact) mass is 400 g/mol. The van der Waals surface area contributed by atoms with Crippen molar-refractivity contribution in [1.82, 2.24) is 14.5 Å². The lowest BCUT2D eigenvalue weighted by atomic mass is 10.2. The second-order valence-electron chi connectivity index (χ2n) is 6.71. The smallest absolute Gasteiger partial charge is 0.356 e. The molecule has 152 valence electrons. The average molecular weight is 400 g/mol. The van der Waals surface area contributed by atoms with Crippen molar-refractivity contribution in [2.75, 3.05) is 5.32 Å². The van der Waals surface area contributed by atoms with Crippen molar-refractivity contribution in [1.29, 1.82) is 0 Å². The number of aromatic carboxylic acids is 1. The quantitative estimate of drug-likeness (QED) is 0.657.